The van der Waals surface area contributed by atoms with Crippen LogP contribution in [0.4, 0.5) is 23.4 Å². The van der Waals surface area contributed by atoms with Gasteiger partial charge in [0, 0.05) is 69.4 Å². The van der Waals surface area contributed by atoms with Crippen molar-refractivity contribution in [2.45, 2.75) is 25.8 Å². The molecular formula is C26H32N10O2. The molecule has 0 spiro atoms. The molecule has 2 aliphatic heterocycles. The number of aryl methyl sites for hydroxylation is 1. The number of nitrogens with one attached hydrogen (secondary N) is 2. The summed E-state index contributed by atoms with van der Waals surface area (Å²) in [6.07, 6.45) is 3.68. The lowest BCUT2D eigenvalue weighted by molar-refractivity contribution is 0.188. The van der Waals surface area contributed by atoms with Crippen molar-refractivity contribution in [3.63, 3.8) is 0 Å². The molecule has 38 heavy (non-hydrogen) atoms. The van der Waals surface area contributed by atoms with Crippen LogP contribution in [0.3, 0.4) is 0 Å². The highest BCUT2D eigenvalue weighted by Gasteiger charge is 2.32. The summed E-state index contributed by atoms with van der Waals surface area (Å²) in [5.41, 5.74) is 2.47. The summed E-state index contributed by atoms with van der Waals surface area (Å²) in [6.45, 7) is 7.07. The van der Waals surface area contributed by atoms with Crippen LogP contribution in [-0.4, -0.2) is 86.2 Å². The number of aliphatic hydroxyl groups is 1. The first kappa shape index (κ1) is 24.3. The Kier molecular flexibility index (Phi) is 6.88. The van der Waals surface area contributed by atoms with Crippen LogP contribution in [0.25, 0.3) is 11.4 Å². The SMILES string of the molecule is Cc1cc(Nc2cc(N3CCN(CCO)CC3)nc(N3CCCC3c3cc(-c4ccccn4)no3)n2)n[nH]1. The molecule has 3 N–H and O–H groups in total. The van der Waals surface area contributed by atoms with Gasteiger partial charge in [0.05, 0.1) is 18.3 Å². The molecule has 0 saturated carbocycles. The summed E-state index contributed by atoms with van der Waals surface area (Å²) in [4.78, 5) is 21.1. The molecule has 1 unspecified atom stereocenters. The van der Waals surface area contributed by atoms with E-state index in [-0.39, 0.29) is 12.6 Å². The number of β-amino-alcohol motifs (C(OH)–C–C–N with tert-alkyl or cyclic N) is 1. The molecule has 2 aliphatic rings. The number of aromatic amines is 1. The van der Waals surface area contributed by atoms with Crippen molar-refractivity contribution >= 4 is 23.4 Å². The van der Waals surface area contributed by atoms with Crippen LogP contribution in [0.1, 0.15) is 30.3 Å². The van der Waals surface area contributed by atoms with Crippen molar-refractivity contribution in [3.8, 4) is 11.4 Å². The van der Waals surface area contributed by atoms with E-state index in [9.17, 15) is 5.11 Å². The van der Waals surface area contributed by atoms with Crippen molar-refractivity contribution in [1.29, 1.82) is 0 Å². The maximum atomic E-state index is 9.31. The molecule has 0 aliphatic carbocycles. The predicted molar refractivity (Wildman–Crippen MR) is 143 cm³/mol. The molecule has 6 heterocycles. The lowest BCUT2D eigenvalue weighted by Crippen LogP contribution is -2.47. The third-order valence-corrected chi connectivity index (χ3v) is 7.07. The Morgan fingerprint density at radius 1 is 1.05 bits per heavy atom. The number of H-pyrrole nitrogens is 1. The van der Waals surface area contributed by atoms with Crippen molar-refractivity contribution in [1.82, 2.24) is 35.2 Å². The summed E-state index contributed by atoms with van der Waals surface area (Å²) in [5.74, 6) is 3.69. The number of aromatic nitrogens is 6. The van der Waals surface area contributed by atoms with Crippen molar-refractivity contribution in [3.05, 3.63) is 54.0 Å². The first-order valence-electron chi connectivity index (χ1n) is 13.1. The van der Waals surface area contributed by atoms with E-state index < -0.39 is 0 Å². The average molecular weight is 517 g/mol. The van der Waals surface area contributed by atoms with E-state index in [2.05, 4.69) is 40.4 Å². The van der Waals surface area contributed by atoms with E-state index in [1.54, 1.807) is 6.20 Å². The predicted octanol–water partition coefficient (Wildman–Crippen LogP) is 2.76. The first-order chi connectivity index (χ1) is 18.7. The monoisotopic (exact) mass is 516 g/mol. The number of hydrogen-bond acceptors (Lipinski definition) is 11. The molecule has 2 fully saturated rings. The van der Waals surface area contributed by atoms with Crippen LogP contribution in [0.15, 0.2) is 47.1 Å². The van der Waals surface area contributed by atoms with Gasteiger partial charge >= 0.3 is 0 Å². The third-order valence-electron chi connectivity index (χ3n) is 7.07. The zero-order valence-electron chi connectivity index (χ0n) is 21.4. The number of hydrogen-bond donors (Lipinski definition) is 3. The van der Waals surface area contributed by atoms with Gasteiger partial charge in [0.2, 0.25) is 5.95 Å². The molecule has 0 amide bonds. The first-order valence-corrected chi connectivity index (χ1v) is 13.1. The molecule has 0 bridgehead atoms. The minimum Gasteiger partial charge on any atom is -0.395 e. The molecule has 0 aromatic carbocycles. The van der Waals surface area contributed by atoms with Crippen LogP contribution >= 0.6 is 0 Å². The van der Waals surface area contributed by atoms with Gasteiger partial charge in [-0.15, -0.1) is 0 Å². The molecule has 198 valence electrons. The fourth-order valence-electron chi connectivity index (χ4n) is 5.12. The smallest absolute Gasteiger partial charge is 0.229 e. The second-order valence-electron chi connectivity index (χ2n) is 9.71. The topological polar surface area (TPSA) is 135 Å². The second-order valence-corrected chi connectivity index (χ2v) is 9.71. The van der Waals surface area contributed by atoms with Crippen LogP contribution in [-0.2, 0) is 0 Å². The van der Waals surface area contributed by atoms with Gasteiger partial charge in [-0.25, -0.2) is 0 Å². The summed E-state index contributed by atoms with van der Waals surface area (Å²) >= 11 is 0. The van der Waals surface area contributed by atoms with Gasteiger partial charge < -0.3 is 24.7 Å². The van der Waals surface area contributed by atoms with Gasteiger partial charge in [0.15, 0.2) is 11.6 Å². The quantitative estimate of drug-likeness (QED) is 0.319. The Balaban J connectivity index is 1.29. The Hall–Kier alpha value is -4.03. The number of piperazine rings is 1. The Labute approximate surface area is 220 Å². The van der Waals surface area contributed by atoms with E-state index in [0.29, 0.717) is 24.1 Å². The minimum absolute atomic E-state index is 0.0166. The van der Waals surface area contributed by atoms with Crippen LogP contribution in [0.5, 0.6) is 0 Å². The third kappa shape index (κ3) is 5.18. The summed E-state index contributed by atoms with van der Waals surface area (Å²) < 4.78 is 5.81. The second kappa shape index (κ2) is 10.8. The average Bonchev–Trinajstić information content (AvgIpc) is 3.71. The summed E-state index contributed by atoms with van der Waals surface area (Å²) in [5, 5.41) is 24.2. The van der Waals surface area contributed by atoms with E-state index in [4.69, 9.17) is 14.5 Å². The van der Waals surface area contributed by atoms with Gasteiger partial charge in [-0.05, 0) is 31.9 Å². The van der Waals surface area contributed by atoms with Crippen LogP contribution < -0.4 is 15.1 Å². The van der Waals surface area contributed by atoms with Crippen LogP contribution in [0.2, 0.25) is 0 Å². The minimum atomic E-state index is -0.0166. The van der Waals surface area contributed by atoms with Gasteiger partial charge in [-0.1, -0.05) is 11.2 Å². The normalized spacial score (nSPS) is 18.3. The zero-order valence-corrected chi connectivity index (χ0v) is 21.4. The van der Waals surface area contributed by atoms with E-state index in [1.807, 2.05) is 43.3 Å². The Morgan fingerprint density at radius 3 is 2.71 bits per heavy atom. The van der Waals surface area contributed by atoms with Gasteiger partial charge in [0.25, 0.3) is 0 Å². The number of anilines is 4. The molecule has 1 atom stereocenters. The number of nitrogens with zero attached hydrogens (tertiary/aromatic N) is 8. The molecule has 0 radical (unpaired) electrons. The molecule has 6 rings (SSSR count). The number of aliphatic hydroxyl groups excluding tert-OH is 1. The van der Waals surface area contributed by atoms with Gasteiger partial charge in [-0.3, -0.25) is 15.0 Å². The molecule has 12 heteroatoms. The molecule has 4 aromatic heterocycles. The maximum Gasteiger partial charge on any atom is 0.229 e. The maximum absolute atomic E-state index is 9.31. The van der Waals surface area contributed by atoms with E-state index in [1.165, 1.54) is 0 Å². The molecule has 2 saturated heterocycles. The van der Waals surface area contributed by atoms with Gasteiger partial charge in [0.1, 0.15) is 17.3 Å². The van der Waals surface area contributed by atoms with E-state index in [0.717, 1.165) is 74.2 Å². The fraction of sp³-hybridized carbons (Fsp3) is 0.423. The highest BCUT2D eigenvalue weighted by molar-refractivity contribution is 5.61. The number of rotatable bonds is 8. The lowest BCUT2D eigenvalue weighted by atomic mass is 10.1. The summed E-state index contributed by atoms with van der Waals surface area (Å²) in [6, 6.07) is 11.6. The largest absolute Gasteiger partial charge is 0.395 e. The lowest BCUT2D eigenvalue weighted by Gasteiger charge is -2.35. The van der Waals surface area contributed by atoms with Gasteiger partial charge in [-0.2, -0.15) is 15.1 Å². The highest BCUT2D eigenvalue weighted by atomic mass is 16.5. The fourth-order valence-corrected chi connectivity index (χ4v) is 5.12. The van der Waals surface area contributed by atoms with Crippen molar-refractivity contribution in [2.75, 3.05) is 61.0 Å². The zero-order chi connectivity index (χ0) is 25.9. The van der Waals surface area contributed by atoms with Crippen molar-refractivity contribution < 1.29 is 9.63 Å². The molecule has 12 nitrogen and oxygen atoms in total. The Bertz CT molecular complexity index is 1350. The Morgan fingerprint density at radius 2 is 1.95 bits per heavy atom. The van der Waals surface area contributed by atoms with Crippen molar-refractivity contribution in [2.24, 2.45) is 0 Å². The van der Waals surface area contributed by atoms with Crippen LogP contribution in [0, 0.1) is 6.92 Å². The molecular weight excluding hydrogens is 484 g/mol. The van der Waals surface area contributed by atoms with E-state index >= 15 is 0 Å². The number of pyridine rings is 1. The summed E-state index contributed by atoms with van der Waals surface area (Å²) in [7, 11) is 0. The molecule has 4 aromatic rings. The standard InChI is InChI=1S/C26H32N10O2/c1-18-15-24(32-31-18)28-23-17-25(35-11-9-34(10-12-35)13-14-37)30-26(29-23)36-8-4-6-21(36)22-16-20(33-38-22)19-5-2-3-7-27-19/h2-3,5,7,15-17,21,37H,4,6,8-14H2,1H3,(H2,28,29,30,31,32). The highest BCUT2D eigenvalue weighted by Crippen LogP contribution is 2.37.